The van der Waals surface area contributed by atoms with Crippen LogP contribution in [-0.2, 0) is 0 Å². The van der Waals surface area contributed by atoms with Crippen LogP contribution in [0.25, 0.3) is 10.9 Å². The molecule has 0 aliphatic rings. The standard InChI is InChI=1S/C14H9FN2O/c15-13-7-3-6-12(17-13)14(18)10-8-16-11-5-2-1-4-9(10)11/h1-8,16H. The van der Waals surface area contributed by atoms with Crippen molar-refractivity contribution in [2.45, 2.75) is 0 Å². The number of para-hydroxylation sites is 1. The first-order chi connectivity index (χ1) is 8.75. The molecule has 0 bridgehead atoms. The third-order valence-electron chi connectivity index (χ3n) is 2.78. The second-order valence-electron chi connectivity index (χ2n) is 3.92. The number of nitrogens with zero attached hydrogens (tertiary/aromatic N) is 1. The van der Waals surface area contributed by atoms with E-state index in [0.29, 0.717) is 5.56 Å². The SMILES string of the molecule is O=C(c1cccc(F)n1)c1c[nH]c2ccccc12. The summed E-state index contributed by atoms with van der Waals surface area (Å²) in [4.78, 5) is 18.8. The molecule has 0 spiro atoms. The molecule has 0 saturated carbocycles. The van der Waals surface area contributed by atoms with E-state index in [9.17, 15) is 9.18 Å². The number of H-pyrrole nitrogens is 1. The Morgan fingerprint density at radius 1 is 1.11 bits per heavy atom. The van der Waals surface area contributed by atoms with Gasteiger partial charge in [0.2, 0.25) is 11.7 Å². The van der Waals surface area contributed by atoms with Gasteiger partial charge < -0.3 is 4.98 Å². The molecule has 3 rings (SSSR count). The van der Waals surface area contributed by atoms with E-state index >= 15 is 0 Å². The van der Waals surface area contributed by atoms with Crippen molar-refractivity contribution >= 4 is 16.7 Å². The molecule has 0 fully saturated rings. The Hall–Kier alpha value is -2.49. The lowest BCUT2D eigenvalue weighted by Gasteiger charge is -1.98. The average Bonchev–Trinajstić information content (AvgIpc) is 2.82. The number of hydrogen-bond donors (Lipinski definition) is 1. The molecule has 0 unspecified atom stereocenters. The molecule has 88 valence electrons. The number of hydrogen-bond acceptors (Lipinski definition) is 2. The number of fused-ring (bicyclic) bond motifs is 1. The zero-order valence-electron chi connectivity index (χ0n) is 9.35. The van der Waals surface area contributed by atoms with Gasteiger partial charge in [0.1, 0.15) is 5.69 Å². The van der Waals surface area contributed by atoms with E-state index in [4.69, 9.17) is 0 Å². The summed E-state index contributed by atoms with van der Waals surface area (Å²) < 4.78 is 13.0. The number of benzene rings is 1. The van der Waals surface area contributed by atoms with Crippen molar-refractivity contribution in [3.8, 4) is 0 Å². The number of rotatable bonds is 2. The van der Waals surface area contributed by atoms with Gasteiger partial charge in [-0.3, -0.25) is 4.79 Å². The topological polar surface area (TPSA) is 45.8 Å². The normalized spacial score (nSPS) is 10.7. The van der Waals surface area contributed by atoms with Crippen molar-refractivity contribution in [2.24, 2.45) is 0 Å². The molecule has 2 heterocycles. The minimum absolute atomic E-state index is 0.111. The molecule has 4 heteroatoms. The number of aromatic nitrogens is 2. The quantitative estimate of drug-likeness (QED) is 0.553. The van der Waals surface area contributed by atoms with Crippen LogP contribution < -0.4 is 0 Å². The van der Waals surface area contributed by atoms with Gasteiger partial charge >= 0.3 is 0 Å². The fourth-order valence-corrected chi connectivity index (χ4v) is 1.93. The fraction of sp³-hybridized carbons (Fsp3) is 0. The maximum Gasteiger partial charge on any atom is 0.213 e. The summed E-state index contributed by atoms with van der Waals surface area (Å²) in [5.41, 5.74) is 1.49. The lowest BCUT2D eigenvalue weighted by molar-refractivity contribution is 0.103. The molecule has 0 radical (unpaired) electrons. The van der Waals surface area contributed by atoms with Crippen LogP contribution in [0.15, 0.2) is 48.7 Å². The van der Waals surface area contributed by atoms with Crippen molar-refractivity contribution < 1.29 is 9.18 Å². The molecular weight excluding hydrogens is 231 g/mol. The molecule has 0 aliphatic carbocycles. The molecule has 3 nitrogen and oxygen atoms in total. The Labute approximate surface area is 102 Å². The second kappa shape index (κ2) is 4.07. The molecule has 2 aromatic heterocycles. The molecule has 0 saturated heterocycles. The first-order valence-corrected chi connectivity index (χ1v) is 5.49. The van der Waals surface area contributed by atoms with Crippen molar-refractivity contribution in [3.63, 3.8) is 0 Å². The highest BCUT2D eigenvalue weighted by molar-refractivity contribution is 6.15. The van der Waals surface area contributed by atoms with E-state index in [1.807, 2.05) is 24.3 Å². The maximum absolute atomic E-state index is 13.0. The van der Waals surface area contributed by atoms with E-state index in [1.165, 1.54) is 18.2 Å². The first kappa shape index (κ1) is 10.7. The lowest BCUT2D eigenvalue weighted by Crippen LogP contribution is -2.04. The van der Waals surface area contributed by atoms with Crippen molar-refractivity contribution in [1.29, 1.82) is 0 Å². The highest BCUT2D eigenvalue weighted by Gasteiger charge is 2.15. The number of halogens is 1. The summed E-state index contributed by atoms with van der Waals surface area (Å²) in [7, 11) is 0. The van der Waals surface area contributed by atoms with Gasteiger partial charge in [0.05, 0.1) is 0 Å². The minimum Gasteiger partial charge on any atom is -0.360 e. The highest BCUT2D eigenvalue weighted by Crippen LogP contribution is 2.20. The third kappa shape index (κ3) is 1.68. The predicted molar refractivity (Wildman–Crippen MR) is 65.9 cm³/mol. The van der Waals surface area contributed by atoms with Crippen LogP contribution in [-0.4, -0.2) is 15.8 Å². The largest absolute Gasteiger partial charge is 0.360 e. The van der Waals surface area contributed by atoms with E-state index in [2.05, 4.69) is 9.97 Å². The Kier molecular flexibility index (Phi) is 2.41. The average molecular weight is 240 g/mol. The first-order valence-electron chi connectivity index (χ1n) is 5.49. The Bertz CT molecular complexity index is 733. The lowest BCUT2D eigenvalue weighted by atomic mass is 10.1. The van der Waals surface area contributed by atoms with Crippen molar-refractivity contribution in [2.75, 3.05) is 0 Å². The van der Waals surface area contributed by atoms with Crippen LogP contribution in [0.1, 0.15) is 16.1 Å². The number of carbonyl (C=O) groups is 1. The number of pyridine rings is 1. The molecule has 1 N–H and O–H groups in total. The van der Waals surface area contributed by atoms with Crippen molar-refractivity contribution in [3.05, 3.63) is 65.9 Å². The Morgan fingerprint density at radius 2 is 1.94 bits per heavy atom. The van der Waals surface area contributed by atoms with E-state index in [1.54, 1.807) is 6.20 Å². The van der Waals surface area contributed by atoms with Crippen LogP contribution in [0.3, 0.4) is 0 Å². The van der Waals surface area contributed by atoms with Crippen LogP contribution in [0.5, 0.6) is 0 Å². The zero-order chi connectivity index (χ0) is 12.5. The number of nitrogens with one attached hydrogen (secondary N) is 1. The fourth-order valence-electron chi connectivity index (χ4n) is 1.93. The highest BCUT2D eigenvalue weighted by atomic mass is 19.1. The summed E-state index contributed by atoms with van der Waals surface area (Å²) in [6.07, 6.45) is 1.62. The van der Waals surface area contributed by atoms with E-state index in [-0.39, 0.29) is 11.5 Å². The monoisotopic (exact) mass is 240 g/mol. The van der Waals surface area contributed by atoms with Crippen LogP contribution >= 0.6 is 0 Å². The van der Waals surface area contributed by atoms with Gasteiger partial charge in [0.15, 0.2) is 0 Å². The van der Waals surface area contributed by atoms with Gasteiger partial charge in [-0.25, -0.2) is 4.98 Å². The minimum atomic E-state index is -0.652. The summed E-state index contributed by atoms with van der Waals surface area (Å²) in [6.45, 7) is 0. The Balaban J connectivity index is 2.12. The third-order valence-corrected chi connectivity index (χ3v) is 2.78. The van der Waals surface area contributed by atoms with Gasteiger partial charge in [-0.05, 0) is 18.2 Å². The smallest absolute Gasteiger partial charge is 0.213 e. The molecule has 3 aromatic rings. The van der Waals surface area contributed by atoms with Crippen LogP contribution in [0.4, 0.5) is 4.39 Å². The van der Waals surface area contributed by atoms with Gasteiger partial charge in [-0.15, -0.1) is 0 Å². The summed E-state index contributed by atoms with van der Waals surface area (Å²) in [5.74, 6) is -0.937. The number of aromatic amines is 1. The van der Waals surface area contributed by atoms with Gasteiger partial charge in [0.25, 0.3) is 0 Å². The van der Waals surface area contributed by atoms with E-state index in [0.717, 1.165) is 10.9 Å². The molecular formula is C14H9FN2O. The maximum atomic E-state index is 13.0. The van der Waals surface area contributed by atoms with Crippen LogP contribution in [0.2, 0.25) is 0 Å². The summed E-state index contributed by atoms with van der Waals surface area (Å²) in [5, 5.41) is 0.813. The summed E-state index contributed by atoms with van der Waals surface area (Å²) >= 11 is 0. The predicted octanol–water partition coefficient (Wildman–Crippen LogP) is 2.93. The zero-order valence-corrected chi connectivity index (χ0v) is 9.35. The second-order valence-corrected chi connectivity index (χ2v) is 3.92. The van der Waals surface area contributed by atoms with Crippen molar-refractivity contribution in [1.82, 2.24) is 9.97 Å². The Morgan fingerprint density at radius 3 is 2.78 bits per heavy atom. The molecule has 1 aromatic carbocycles. The molecule has 18 heavy (non-hydrogen) atoms. The summed E-state index contributed by atoms with van der Waals surface area (Å²) in [6, 6.07) is 11.7. The number of ketones is 1. The molecule has 0 atom stereocenters. The molecule has 0 amide bonds. The van der Waals surface area contributed by atoms with Gasteiger partial charge in [0, 0.05) is 22.7 Å². The van der Waals surface area contributed by atoms with Gasteiger partial charge in [-0.2, -0.15) is 4.39 Å². The van der Waals surface area contributed by atoms with Gasteiger partial charge in [-0.1, -0.05) is 24.3 Å². The molecule has 0 aliphatic heterocycles. The van der Waals surface area contributed by atoms with E-state index < -0.39 is 5.95 Å². The number of carbonyl (C=O) groups excluding carboxylic acids is 1. The van der Waals surface area contributed by atoms with Crippen LogP contribution in [0, 0.1) is 5.95 Å².